The van der Waals surface area contributed by atoms with Crippen molar-refractivity contribution < 1.29 is 0 Å². The lowest BCUT2D eigenvalue weighted by atomic mass is 9.83. The van der Waals surface area contributed by atoms with Gasteiger partial charge in [-0.3, -0.25) is 0 Å². The molecule has 0 N–H and O–H groups in total. The molecule has 0 radical (unpaired) electrons. The molecule has 0 bridgehead atoms. The lowest BCUT2D eigenvalue weighted by Crippen LogP contribution is -2.05. The highest BCUT2D eigenvalue weighted by molar-refractivity contribution is 6.30. The van der Waals surface area contributed by atoms with E-state index in [0.29, 0.717) is 0 Å². The minimum Gasteiger partial charge on any atom is -0.193 e. The van der Waals surface area contributed by atoms with Crippen LogP contribution in [0.2, 0.25) is 5.02 Å². The largest absolute Gasteiger partial charge is 0.193 e. The van der Waals surface area contributed by atoms with E-state index in [9.17, 15) is 0 Å². The van der Waals surface area contributed by atoms with Gasteiger partial charge in [0.15, 0.2) is 0 Å². The van der Waals surface area contributed by atoms with E-state index in [4.69, 9.17) is 16.9 Å². The summed E-state index contributed by atoms with van der Waals surface area (Å²) in [6.07, 6.45) is 5.33. The molecule has 2 rings (SSSR count). The van der Waals surface area contributed by atoms with Crippen LogP contribution in [0.1, 0.15) is 30.7 Å². The average molecular weight is 218 g/mol. The van der Waals surface area contributed by atoms with Gasteiger partial charge in [-0.25, -0.2) is 0 Å². The summed E-state index contributed by atoms with van der Waals surface area (Å²) < 4.78 is 0. The van der Waals surface area contributed by atoms with Crippen LogP contribution < -0.4 is 0 Å². The van der Waals surface area contributed by atoms with Gasteiger partial charge in [-0.2, -0.15) is 5.26 Å². The first kappa shape index (κ1) is 10.3. The fraction of sp³-hybridized carbons (Fsp3) is 0.308. The van der Waals surface area contributed by atoms with E-state index < -0.39 is 0 Å². The number of halogens is 1. The van der Waals surface area contributed by atoms with Crippen molar-refractivity contribution in [1.29, 1.82) is 5.26 Å². The minimum absolute atomic E-state index is 0.279. The zero-order chi connectivity index (χ0) is 10.7. The Balaban J connectivity index is 2.30. The number of nitrogens with zero attached hydrogens (tertiary/aromatic N) is 1. The topological polar surface area (TPSA) is 23.8 Å². The summed E-state index contributed by atoms with van der Waals surface area (Å²) in [4.78, 5) is 0. The molecule has 0 heterocycles. The molecule has 1 aliphatic carbocycles. The van der Waals surface area contributed by atoms with Crippen molar-refractivity contribution in [1.82, 2.24) is 0 Å². The van der Waals surface area contributed by atoms with Gasteiger partial charge in [0.2, 0.25) is 0 Å². The van der Waals surface area contributed by atoms with Gasteiger partial charge in [0, 0.05) is 16.5 Å². The zero-order valence-corrected chi connectivity index (χ0v) is 9.17. The number of hydrogen-bond acceptors (Lipinski definition) is 1. The highest BCUT2D eigenvalue weighted by atomic mass is 35.5. The second kappa shape index (κ2) is 4.51. The number of benzene rings is 1. The second-order valence-corrected chi connectivity index (χ2v) is 4.24. The normalized spacial score (nSPS) is 20.5. The van der Waals surface area contributed by atoms with E-state index in [2.05, 4.69) is 12.1 Å². The molecule has 0 spiro atoms. The molecule has 0 saturated heterocycles. The summed E-state index contributed by atoms with van der Waals surface area (Å²) in [5, 5.41) is 9.78. The molecule has 0 aliphatic heterocycles. The predicted molar refractivity (Wildman–Crippen MR) is 61.7 cm³/mol. The second-order valence-electron chi connectivity index (χ2n) is 3.81. The molecule has 0 saturated carbocycles. The Hall–Kier alpha value is -1.26. The molecule has 1 aliphatic rings. The Kier molecular flexibility index (Phi) is 3.08. The summed E-state index contributed by atoms with van der Waals surface area (Å²) in [6.45, 7) is 0. The number of allylic oxidation sites excluding steroid dienone is 2. The first-order chi connectivity index (χ1) is 7.31. The average Bonchev–Trinajstić information content (AvgIpc) is 2.30. The maximum absolute atomic E-state index is 9.03. The van der Waals surface area contributed by atoms with Crippen molar-refractivity contribution in [2.24, 2.45) is 0 Å². The van der Waals surface area contributed by atoms with E-state index in [1.54, 1.807) is 0 Å². The third kappa shape index (κ3) is 2.22. The monoisotopic (exact) mass is 217 g/mol. The van der Waals surface area contributed by atoms with Gasteiger partial charge in [-0.15, -0.1) is 0 Å². The lowest BCUT2D eigenvalue weighted by molar-refractivity contribution is 0.636. The van der Waals surface area contributed by atoms with E-state index in [1.807, 2.05) is 24.3 Å². The Morgan fingerprint density at radius 1 is 1.27 bits per heavy atom. The molecule has 2 heteroatoms. The lowest BCUT2D eigenvalue weighted by Gasteiger charge is -2.20. The van der Waals surface area contributed by atoms with Crippen LogP contribution in [0.5, 0.6) is 0 Å². The standard InChI is InChI=1S/C13H12ClN/c14-12-7-5-10(6-8-12)13-4-2-1-3-11(13)9-15/h3,5-8,13H,1-2,4H2. The molecule has 0 fully saturated rings. The van der Waals surface area contributed by atoms with Gasteiger partial charge in [-0.1, -0.05) is 29.8 Å². The predicted octanol–water partition coefficient (Wildman–Crippen LogP) is 4.06. The van der Waals surface area contributed by atoms with Crippen LogP contribution in [0.25, 0.3) is 0 Å². The fourth-order valence-electron chi connectivity index (χ4n) is 2.04. The highest BCUT2D eigenvalue weighted by Crippen LogP contribution is 2.33. The van der Waals surface area contributed by atoms with Gasteiger partial charge in [0.1, 0.15) is 0 Å². The van der Waals surface area contributed by atoms with E-state index in [0.717, 1.165) is 23.4 Å². The van der Waals surface area contributed by atoms with E-state index >= 15 is 0 Å². The first-order valence-electron chi connectivity index (χ1n) is 5.17. The Bertz CT molecular complexity index is 411. The summed E-state index contributed by atoms with van der Waals surface area (Å²) in [6, 6.07) is 10.1. The van der Waals surface area contributed by atoms with Gasteiger partial charge in [0.25, 0.3) is 0 Å². The Morgan fingerprint density at radius 3 is 2.67 bits per heavy atom. The van der Waals surface area contributed by atoms with E-state index in [1.165, 1.54) is 12.0 Å². The molecule has 76 valence electrons. The quantitative estimate of drug-likeness (QED) is 0.696. The third-order valence-electron chi connectivity index (χ3n) is 2.84. The van der Waals surface area contributed by atoms with Crippen LogP contribution >= 0.6 is 11.6 Å². The van der Waals surface area contributed by atoms with Crippen molar-refractivity contribution in [3.05, 3.63) is 46.5 Å². The smallest absolute Gasteiger partial charge is 0.0950 e. The molecule has 1 aromatic rings. The number of rotatable bonds is 1. The number of hydrogen-bond donors (Lipinski definition) is 0. The first-order valence-corrected chi connectivity index (χ1v) is 5.54. The zero-order valence-electron chi connectivity index (χ0n) is 8.41. The van der Waals surface area contributed by atoms with Crippen LogP contribution in [0.4, 0.5) is 0 Å². The fourth-order valence-corrected chi connectivity index (χ4v) is 2.17. The van der Waals surface area contributed by atoms with Gasteiger partial charge >= 0.3 is 0 Å². The van der Waals surface area contributed by atoms with Crippen molar-refractivity contribution in [3.8, 4) is 6.07 Å². The molecular weight excluding hydrogens is 206 g/mol. The minimum atomic E-state index is 0.279. The third-order valence-corrected chi connectivity index (χ3v) is 3.09. The molecular formula is C13H12ClN. The maximum atomic E-state index is 9.03. The van der Waals surface area contributed by atoms with Crippen molar-refractivity contribution in [2.45, 2.75) is 25.2 Å². The van der Waals surface area contributed by atoms with Crippen LogP contribution in [-0.2, 0) is 0 Å². The van der Waals surface area contributed by atoms with Gasteiger partial charge in [-0.05, 0) is 37.0 Å². The number of nitriles is 1. The highest BCUT2D eigenvalue weighted by Gasteiger charge is 2.19. The maximum Gasteiger partial charge on any atom is 0.0950 e. The molecule has 1 nitrogen and oxygen atoms in total. The summed E-state index contributed by atoms with van der Waals surface area (Å²) in [7, 11) is 0. The Morgan fingerprint density at radius 2 is 2.00 bits per heavy atom. The van der Waals surface area contributed by atoms with Crippen LogP contribution in [-0.4, -0.2) is 0 Å². The van der Waals surface area contributed by atoms with Gasteiger partial charge < -0.3 is 0 Å². The van der Waals surface area contributed by atoms with Crippen LogP contribution in [0.15, 0.2) is 35.9 Å². The summed E-state index contributed by atoms with van der Waals surface area (Å²) >= 11 is 5.84. The SMILES string of the molecule is N#CC1=CCCCC1c1ccc(Cl)cc1. The van der Waals surface area contributed by atoms with Gasteiger partial charge in [0.05, 0.1) is 6.07 Å². The van der Waals surface area contributed by atoms with Crippen LogP contribution in [0.3, 0.4) is 0 Å². The molecule has 0 aromatic heterocycles. The van der Waals surface area contributed by atoms with Crippen molar-refractivity contribution >= 4 is 11.6 Å². The molecule has 1 unspecified atom stereocenters. The summed E-state index contributed by atoms with van der Waals surface area (Å²) in [5.74, 6) is 0.279. The Labute approximate surface area is 95.0 Å². The van der Waals surface area contributed by atoms with E-state index in [-0.39, 0.29) is 5.92 Å². The molecule has 1 aromatic carbocycles. The van der Waals surface area contributed by atoms with Crippen molar-refractivity contribution in [2.75, 3.05) is 0 Å². The summed E-state index contributed by atoms with van der Waals surface area (Å²) in [5.41, 5.74) is 2.11. The molecule has 15 heavy (non-hydrogen) atoms. The molecule has 0 amide bonds. The molecule has 1 atom stereocenters. The van der Waals surface area contributed by atoms with Crippen molar-refractivity contribution in [3.63, 3.8) is 0 Å². The van der Waals surface area contributed by atoms with Crippen LogP contribution in [0, 0.1) is 11.3 Å².